The van der Waals surface area contributed by atoms with E-state index in [0.717, 1.165) is 17.2 Å². The Labute approximate surface area is 166 Å². The maximum Gasteiger partial charge on any atom is 0.419 e. The quantitative estimate of drug-likeness (QED) is 0.729. The molecular weight excluding hydrogens is 385 g/mol. The van der Waals surface area contributed by atoms with Crippen molar-refractivity contribution in [2.45, 2.75) is 26.9 Å². The number of H-pyrrole nitrogens is 2. The third-order valence-corrected chi connectivity index (χ3v) is 5.41. The van der Waals surface area contributed by atoms with E-state index >= 15 is 0 Å². The lowest BCUT2D eigenvalue weighted by Gasteiger charge is -2.27. The van der Waals surface area contributed by atoms with E-state index in [2.05, 4.69) is 9.97 Å². The summed E-state index contributed by atoms with van der Waals surface area (Å²) < 4.78 is 38.1. The van der Waals surface area contributed by atoms with E-state index in [4.69, 9.17) is 0 Å². The SMILES string of the molecule is CC(=O)c1c(C)[nH]c(C(=O)C[NH+]2CCN(c3ccc(C(F)(F)F)c[nH+]3)CC2)c1C. The van der Waals surface area contributed by atoms with Crippen molar-refractivity contribution in [2.75, 3.05) is 37.6 Å². The lowest BCUT2D eigenvalue weighted by atomic mass is 10.1. The number of carbonyl (C=O) groups is 2. The molecule has 0 spiro atoms. The highest BCUT2D eigenvalue weighted by atomic mass is 19.4. The number of anilines is 1. The predicted octanol–water partition coefficient (Wildman–Crippen LogP) is 1.25. The Morgan fingerprint density at radius 2 is 1.86 bits per heavy atom. The molecule has 9 heteroatoms. The minimum absolute atomic E-state index is 0.0392. The molecule has 3 rings (SSSR count). The smallest absolute Gasteiger partial charge is 0.355 e. The number of alkyl halides is 3. The van der Waals surface area contributed by atoms with E-state index in [1.54, 1.807) is 13.8 Å². The Bertz CT molecular complexity index is 911. The van der Waals surface area contributed by atoms with Crippen molar-refractivity contribution < 1.29 is 32.6 Å². The van der Waals surface area contributed by atoms with Gasteiger partial charge in [0.25, 0.3) is 5.82 Å². The second-order valence-corrected chi connectivity index (χ2v) is 7.48. The van der Waals surface area contributed by atoms with E-state index in [-0.39, 0.29) is 11.6 Å². The van der Waals surface area contributed by atoms with Crippen molar-refractivity contribution in [1.82, 2.24) is 4.98 Å². The van der Waals surface area contributed by atoms with Crippen molar-refractivity contribution in [3.63, 3.8) is 0 Å². The van der Waals surface area contributed by atoms with Crippen LogP contribution in [0, 0.1) is 13.8 Å². The monoisotopic (exact) mass is 410 g/mol. The summed E-state index contributed by atoms with van der Waals surface area (Å²) in [5, 5.41) is 0. The van der Waals surface area contributed by atoms with E-state index in [1.807, 2.05) is 4.90 Å². The minimum Gasteiger partial charge on any atom is -0.355 e. The molecule has 6 nitrogen and oxygen atoms in total. The highest BCUT2D eigenvalue weighted by Crippen LogP contribution is 2.28. The van der Waals surface area contributed by atoms with Gasteiger partial charge in [0.2, 0.25) is 5.78 Å². The molecule has 1 saturated heterocycles. The number of hydrogen-bond acceptors (Lipinski definition) is 3. The van der Waals surface area contributed by atoms with Gasteiger partial charge in [-0.1, -0.05) is 0 Å². The van der Waals surface area contributed by atoms with Crippen molar-refractivity contribution in [3.8, 4) is 0 Å². The van der Waals surface area contributed by atoms with Gasteiger partial charge in [-0.25, -0.2) is 4.98 Å². The second kappa shape index (κ2) is 7.98. The van der Waals surface area contributed by atoms with Gasteiger partial charge in [0.1, 0.15) is 38.9 Å². The van der Waals surface area contributed by atoms with Crippen molar-refractivity contribution in [2.24, 2.45) is 0 Å². The van der Waals surface area contributed by atoms with Crippen LogP contribution in [0.1, 0.15) is 44.6 Å². The van der Waals surface area contributed by atoms with Crippen LogP contribution in [0.5, 0.6) is 0 Å². The maximum atomic E-state index is 12.7. The summed E-state index contributed by atoms with van der Waals surface area (Å²) in [6, 6.07) is 2.50. The lowest BCUT2D eigenvalue weighted by Crippen LogP contribution is -3.15. The first-order valence-corrected chi connectivity index (χ1v) is 9.48. The normalized spacial score (nSPS) is 15.6. The molecule has 0 bridgehead atoms. The molecule has 1 aliphatic heterocycles. The van der Waals surface area contributed by atoms with Crippen LogP contribution in [0.4, 0.5) is 19.0 Å². The molecule has 0 unspecified atom stereocenters. The zero-order valence-corrected chi connectivity index (χ0v) is 16.7. The number of carbonyl (C=O) groups excluding carboxylic acids is 2. The first-order valence-electron chi connectivity index (χ1n) is 9.48. The summed E-state index contributed by atoms with van der Waals surface area (Å²) in [4.78, 5) is 33.3. The number of Topliss-reactive ketones (excluding diaryl/α,β-unsaturated/α-hetero) is 2. The summed E-state index contributed by atoms with van der Waals surface area (Å²) in [7, 11) is 0. The molecule has 1 aliphatic rings. The third-order valence-electron chi connectivity index (χ3n) is 5.41. The van der Waals surface area contributed by atoms with Gasteiger partial charge in [-0.05, 0) is 32.4 Å². The summed E-state index contributed by atoms with van der Waals surface area (Å²) in [6.07, 6.45) is -3.39. The number of piperazine rings is 1. The number of rotatable bonds is 5. The Hall–Kier alpha value is -2.68. The molecule has 1 fully saturated rings. The minimum atomic E-state index is -4.37. The second-order valence-electron chi connectivity index (χ2n) is 7.48. The standard InChI is InChI=1S/C20H23F3N4O2/c1-12-18(14(3)28)13(2)25-19(12)16(29)11-26-6-8-27(9-7-26)17-5-4-15(10-24-17)20(21,22)23/h4-5,10,25H,6-9,11H2,1-3H3/p+2. The Morgan fingerprint density at radius 1 is 1.21 bits per heavy atom. The van der Waals surface area contributed by atoms with Crippen LogP contribution < -0.4 is 14.8 Å². The molecule has 29 heavy (non-hydrogen) atoms. The van der Waals surface area contributed by atoms with Crippen molar-refractivity contribution in [1.29, 1.82) is 0 Å². The van der Waals surface area contributed by atoms with Crippen molar-refractivity contribution >= 4 is 17.4 Å². The van der Waals surface area contributed by atoms with Crippen LogP contribution in [-0.2, 0) is 6.18 Å². The summed E-state index contributed by atoms with van der Waals surface area (Å²) in [6.45, 7) is 8.01. The molecule has 2 aromatic rings. The van der Waals surface area contributed by atoms with Crippen LogP contribution in [0.3, 0.4) is 0 Å². The lowest BCUT2D eigenvalue weighted by molar-refractivity contribution is -0.892. The van der Waals surface area contributed by atoms with Gasteiger partial charge in [-0.15, -0.1) is 0 Å². The topological polar surface area (TPSA) is 71.8 Å². The largest absolute Gasteiger partial charge is 0.419 e. The van der Waals surface area contributed by atoms with E-state index < -0.39 is 11.7 Å². The Morgan fingerprint density at radius 3 is 2.34 bits per heavy atom. The van der Waals surface area contributed by atoms with Crippen LogP contribution >= 0.6 is 0 Å². The average molecular weight is 410 g/mol. The van der Waals surface area contributed by atoms with Crippen LogP contribution in [0.25, 0.3) is 0 Å². The van der Waals surface area contributed by atoms with Crippen molar-refractivity contribution in [3.05, 3.63) is 46.4 Å². The van der Waals surface area contributed by atoms with Crippen LogP contribution in [0.2, 0.25) is 0 Å². The predicted molar refractivity (Wildman–Crippen MR) is 100 cm³/mol. The number of aromatic amines is 2. The van der Waals surface area contributed by atoms with Crippen LogP contribution in [-0.4, -0.2) is 49.3 Å². The highest BCUT2D eigenvalue weighted by Gasteiger charge is 2.33. The Balaban J connectivity index is 1.59. The molecule has 0 amide bonds. The van der Waals surface area contributed by atoms with Gasteiger partial charge in [-0.3, -0.25) is 14.5 Å². The van der Waals surface area contributed by atoms with Gasteiger partial charge in [0.15, 0.2) is 5.78 Å². The third kappa shape index (κ3) is 4.50. The number of quaternary nitrogens is 1. The molecule has 0 aliphatic carbocycles. The molecule has 0 saturated carbocycles. The summed E-state index contributed by atoms with van der Waals surface area (Å²) in [5.41, 5.74) is 1.75. The molecule has 3 N–H and O–H groups in total. The number of pyridine rings is 1. The fraction of sp³-hybridized carbons (Fsp3) is 0.450. The first-order chi connectivity index (χ1) is 13.6. The zero-order valence-electron chi connectivity index (χ0n) is 16.7. The Kier molecular flexibility index (Phi) is 5.79. The zero-order chi connectivity index (χ0) is 21.3. The molecule has 2 aromatic heterocycles. The molecule has 156 valence electrons. The maximum absolute atomic E-state index is 12.7. The fourth-order valence-corrected chi connectivity index (χ4v) is 3.90. The molecule has 0 radical (unpaired) electrons. The van der Waals surface area contributed by atoms with Gasteiger partial charge in [-0.2, -0.15) is 13.2 Å². The summed E-state index contributed by atoms with van der Waals surface area (Å²) in [5.74, 6) is 0.525. The number of nitrogens with zero attached hydrogens (tertiary/aromatic N) is 1. The van der Waals surface area contributed by atoms with Gasteiger partial charge >= 0.3 is 6.18 Å². The first kappa shape index (κ1) is 21.0. The number of hydrogen-bond donors (Lipinski definition) is 2. The van der Waals surface area contributed by atoms with Crippen LogP contribution in [0.15, 0.2) is 18.3 Å². The molecule has 0 aromatic carbocycles. The van der Waals surface area contributed by atoms with E-state index in [0.29, 0.717) is 61.1 Å². The average Bonchev–Trinajstić information content (AvgIpc) is 2.96. The van der Waals surface area contributed by atoms with Gasteiger partial charge < -0.3 is 9.88 Å². The molecule has 3 heterocycles. The molecule has 0 atom stereocenters. The van der Waals surface area contributed by atoms with E-state index in [9.17, 15) is 22.8 Å². The highest BCUT2D eigenvalue weighted by molar-refractivity contribution is 6.03. The number of nitrogens with one attached hydrogen (secondary N) is 3. The molecular formula is C20H25F3N4O2+2. The van der Waals surface area contributed by atoms with E-state index in [1.165, 1.54) is 13.0 Å². The van der Waals surface area contributed by atoms with Gasteiger partial charge in [0, 0.05) is 17.3 Å². The number of halogens is 3. The summed E-state index contributed by atoms with van der Waals surface area (Å²) >= 11 is 0. The number of aryl methyl sites for hydroxylation is 1. The number of ketones is 2. The fourth-order valence-electron chi connectivity index (χ4n) is 3.90. The van der Waals surface area contributed by atoms with Gasteiger partial charge in [0.05, 0.1) is 11.3 Å². The number of aromatic nitrogens is 2.